The molecule has 8 nitrogen and oxygen atoms in total. The van der Waals surface area contributed by atoms with Gasteiger partial charge in [-0.05, 0) is 62.1 Å². The first kappa shape index (κ1) is 24.5. The van der Waals surface area contributed by atoms with Crippen molar-refractivity contribution in [3.8, 4) is 0 Å². The normalized spacial score (nSPS) is 22.1. The quantitative estimate of drug-likeness (QED) is 0.614. The molecule has 4 amide bonds. The van der Waals surface area contributed by atoms with Crippen LogP contribution in [0.2, 0.25) is 0 Å². The maximum atomic E-state index is 13.7. The number of hydrogen-bond donors (Lipinski definition) is 3. The standard InChI is InChI=1S/C24H26F3N5O3/c25-15-1-5-20(6-2-15)30-24(35)32-10-9-31(23(34)14-11-16(26)13-17(27)12-14)22(32)21(33)29-19-7-3-18(28)4-8-19/h1-2,5-6,11-13,18-19,22H,3-4,7-10,28H2,(H,29,33)(H,30,35). The molecule has 35 heavy (non-hydrogen) atoms. The number of benzene rings is 2. The molecule has 0 aromatic heterocycles. The Labute approximate surface area is 200 Å². The number of anilines is 1. The first-order valence-corrected chi connectivity index (χ1v) is 11.4. The van der Waals surface area contributed by atoms with E-state index in [0.29, 0.717) is 24.6 Å². The van der Waals surface area contributed by atoms with Gasteiger partial charge >= 0.3 is 6.03 Å². The zero-order valence-electron chi connectivity index (χ0n) is 18.8. The predicted molar refractivity (Wildman–Crippen MR) is 122 cm³/mol. The van der Waals surface area contributed by atoms with E-state index in [4.69, 9.17) is 5.73 Å². The molecule has 1 atom stereocenters. The van der Waals surface area contributed by atoms with Crippen LogP contribution < -0.4 is 16.4 Å². The fourth-order valence-electron chi connectivity index (χ4n) is 4.45. The van der Waals surface area contributed by atoms with E-state index in [1.807, 2.05) is 0 Å². The molecule has 2 fully saturated rings. The third-order valence-electron chi connectivity index (χ3n) is 6.25. The van der Waals surface area contributed by atoms with Gasteiger partial charge in [-0.3, -0.25) is 14.5 Å². The van der Waals surface area contributed by atoms with Crippen molar-refractivity contribution in [2.24, 2.45) is 5.73 Å². The number of nitrogens with two attached hydrogens (primary N) is 1. The minimum absolute atomic E-state index is 0.00416. The predicted octanol–water partition coefficient (Wildman–Crippen LogP) is 2.81. The zero-order chi connectivity index (χ0) is 25.1. The third-order valence-corrected chi connectivity index (χ3v) is 6.25. The van der Waals surface area contributed by atoms with Crippen molar-refractivity contribution in [1.29, 1.82) is 0 Å². The summed E-state index contributed by atoms with van der Waals surface area (Å²) in [7, 11) is 0. The highest BCUT2D eigenvalue weighted by Crippen LogP contribution is 2.23. The van der Waals surface area contributed by atoms with E-state index >= 15 is 0 Å². The summed E-state index contributed by atoms with van der Waals surface area (Å²) in [5, 5.41) is 5.48. The van der Waals surface area contributed by atoms with Crippen LogP contribution in [0.3, 0.4) is 0 Å². The molecule has 0 bridgehead atoms. The lowest BCUT2D eigenvalue weighted by molar-refractivity contribution is -0.128. The van der Waals surface area contributed by atoms with Gasteiger partial charge in [0.05, 0.1) is 0 Å². The van der Waals surface area contributed by atoms with Gasteiger partial charge < -0.3 is 21.3 Å². The van der Waals surface area contributed by atoms with Crippen LogP contribution in [0.1, 0.15) is 36.0 Å². The first-order chi connectivity index (χ1) is 16.7. The smallest absolute Gasteiger partial charge is 0.323 e. The summed E-state index contributed by atoms with van der Waals surface area (Å²) in [6.45, 7) is -0.0222. The molecule has 1 saturated carbocycles. The van der Waals surface area contributed by atoms with Crippen LogP contribution in [-0.2, 0) is 4.79 Å². The molecule has 1 heterocycles. The molecule has 2 aromatic carbocycles. The van der Waals surface area contributed by atoms with Crippen LogP contribution in [0, 0.1) is 17.5 Å². The molecule has 4 N–H and O–H groups in total. The number of halogens is 3. The number of rotatable bonds is 4. The highest BCUT2D eigenvalue weighted by atomic mass is 19.1. The topological polar surface area (TPSA) is 108 Å². The van der Waals surface area contributed by atoms with Crippen molar-refractivity contribution in [1.82, 2.24) is 15.1 Å². The van der Waals surface area contributed by atoms with Crippen molar-refractivity contribution in [2.45, 2.75) is 43.9 Å². The number of urea groups is 1. The van der Waals surface area contributed by atoms with Crippen LogP contribution >= 0.6 is 0 Å². The Kier molecular flexibility index (Phi) is 7.25. The van der Waals surface area contributed by atoms with Gasteiger partial charge in [0.2, 0.25) is 0 Å². The minimum atomic E-state index is -1.34. The number of hydrogen-bond acceptors (Lipinski definition) is 4. The molecule has 0 radical (unpaired) electrons. The van der Waals surface area contributed by atoms with Crippen molar-refractivity contribution in [3.05, 3.63) is 65.5 Å². The van der Waals surface area contributed by atoms with Crippen LogP contribution in [0.15, 0.2) is 42.5 Å². The summed E-state index contributed by atoms with van der Waals surface area (Å²) >= 11 is 0. The lowest BCUT2D eigenvalue weighted by atomic mass is 9.92. The summed E-state index contributed by atoms with van der Waals surface area (Å²) in [6.07, 6.45) is 1.44. The maximum absolute atomic E-state index is 13.7. The Morgan fingerprint density at radius 2 is 1.43 bits per heavy atom. The monoisotopic (exact) mass is 489 g/mol. The molecule has 2 aliphatic rings. The second kappa shape index (κ2) is 10.3. The summed E-state index contributed by atoms with van der Waals surface area (Å²) in [6, 6.07) is 6.68. The van der Waals surface area contributed by atoms with Crippen molar-refractivity contribution < 1.29 is 27.6 Å². The molecular weight excluding hydrogens is 463 g/mol. The fourth-order valence-corrected chi connectivity index (χ4v) is 4.45. The second-order valence-corrected chi connectivity index (χ2v) is 8.78. The first-order valence-electron chi connectivity index (χ1n) is 11.4. The Morgan fingerprint density at radius 1 is 0.829 bits per heavy atom. The van der Waals surface area contributed by atoms with Gasteiger partial charge in [-0.25, -0.2) is 18.0 Å². The minimum Gasteiger partial charge on any atom is -0.350 e. The third kappa shape index (κ3) is 5.73. The van der Waals surface area contributed by atoms with Gasteiger partial charge in [0.25, 0.3) is 11.8 Å². The van der Waals surface area contributed by atoms with Crippen molar-refractivity contribution in [2.75, 3.05) is 18.4 Å². The maximum Gasteiger partial charge on any atom is 0.323 e. The lowest BCUT2D eigenvalue weighted by Crippen LogP contribution is -2.56. The number of carbonyl (C=O) groups is 3. The average molecular weight is 489 g/mol. The molecule has 4 rings (SSSR count). The largest absolute Gasteiger partial charge is 0.350 e. The summed E-state index contributed by atoms with van der Waals surface area (Å²) in [5.74, 6) is -3.71. The lowest BCUT2D eigenvalue weighted by Gasteiger charge is -2.32. The van der Waals surface area contributed by atoms with Crippen molar-refractivity contribution in [3.63, 3.8) is 0 Å². The Bertz CT molecular complexity index is 1090. The van der Waals surface area contributed by atoms with E-state index in [0.717, 1.165) is 29.9 Å². The fraction of sp³-hybridized carbons (Fsp3) is 0.375. The second-order valence-electron chi connectivity index (χ2n) is 8.78. The molecule has 1 aliphatic heterocycles. The number of carbonyl (C=O) groups excluding carboxylic acids is 3. The molecular formula is C24H26F3N5O3. The Morgan fingerprint density at radius 3 is 2.06 bits per heavy atom. The molecule has 186 valence electrons. The van der Waals surface area contributed by atoms with E-state index in [-0.39, 0.29) is 30.7 Å². The summed E-state index contributed by atoms with van der Waals surface area (Å²) < 4.78 is 40.7. The van der Waals surface area contributed by atoms with E-state index in [9.17, 15) is 27.6 Å². The van der Waals surface area contributed by atoms with Gasteiger partial charge in [0, 0.05) is 42.5 Å². The van der Waals surface area contributed by atoms with Gasteiger partial charge in [-0.15, -0.1) is 0 Å². The van der Waals surface area contributed by atoms with E-state index < -0.39 is 41.5 Å². The number of nitrogens with zero attached hydrogens (tertiary/aromatic N) is 2. The van der Waals surface area contributed by atoms with Gasteiger partial charge in [0.1, 0.15) is 17.5 Å². The van der Waals surface area contributed by atoms with Gasteiger partial charge in [0.15, 0.2) is 6.17 Å². The van der Waals surface area contributed by atoms with E-state index in [2.05, 4.69) is 10.6 Å². The van der Waals surface area contributed by atoms with Crippen LogP contribution in [0.25, 0.3) is 0 Å². The Hall–Kier alpha value is -3.60. The summed E-state index contributed by atoms with van der Waals surface area (Å²) in [4.78, 5) is 41.8. The van der Waals surface area contributed by atoms with Crippen molar-refractivity contribution >= 4 is 23.5 Å². The highest BCUT2D eigenvalue weighted by molar-refractivity contribution is 6.00. The molecule has 1 unspecified atom stereocenters. The van der Waals surface area contributed by atoms with Crippen LogP contribution in [0.4, 0.5) is 23.7 Å². The zero-order valence-corrected chi connectivity index (χ0v) is 18.8. The van der Waals surface area contributed by atoms with Gasteiger partial charge in [-0.2, -0.15) is 0 Å². The molecule has 1 aliphatic carbocycles. The van der Waals surface area contributed by atoms with Gasteiger partial charge in [-0.1, -0.05) is 0 Å². The highest BCUT2D eigenvalue weighted by Gasteiger charge is 2.43. The number of amides is 4. The average Bonchev–Trinajstić information content (AvgIpc) is 3.26. The molecule has 0 spiro atoms. The summed E-state index contributed by atoms with van der Waals surface area (Å²) in [5.41, 5.74) is 5.96. The molecule has 2 aromatic rings. The van der Waals surface area contributed by atoms with E-state index in [1.165, 1.54) is 29.2 Å². The van der Waals surface area contributed by atoms with E-state index in [1.54, 1.807) is 0 Å². The molecule has 1 saturated heterocycles. The Balaban J connectivity index is 1.57. The molecule has 11 heteroatoms. The SMILES string of the molecule is NC1CCC(NC(=O)C2N(C(=O)Nc3ccc(F)cc3)CCN2C(=O)c2cc(F)cc(F)c2)CC1. The van der Waals surface area contributed by atoms with Crippen LogP contribution in [-0.4, -0.2) is 59.0 Å². The number of nitrogens with one attached hydrogen (secondary N) is 2. The van der Waals surface area contributed by atoms with Crippen LogP contribution in [0.5, 0.6) is 0 Å².